The van der Waals surface area contributed by atoms with Crippen molar-refractivity contribution in [3.05, 3.63) is 21.6 Å². The molecule has 1 aromatic heterocycles. The first-order valence-electron chi connectivity index (χ1n) is 5.26. The van der Waals surface area contributed by atoms with Crippen LogP contribution in [0.5, 0.6) is 0 Å². The lowest BCUT2D eigenvalue weighted by Gasteiger charge is -2.09. The van der Waals surface area contributed by atoms with E-state index in [1.54, 1.807) is 0 Å². The fourth-order valence-corrected chi connectivity index (χ4v) is 2.48. The maximum absolute atomic E-state index is 11.9. The van der Waals surface area contributed by atoms with Gasteiger partial charge in [-0.05, 0) is 12.8 Å². The minimum absolute atomic E-state index is 0.143. The molecule has 1 aliphatic carbocycles. The zero-order valence-electron chi connectivity index (χ0n) is 8.08. The van der Waals surface area contributed by atoms with Crippen molar-refractivity contribution in [2.24, 2.45) is 0 Å². The molecule has 0 radical (unpaired) electrons. The van der Waals surface area contributed by atoms with E-state index in [9.17, 15) is 4.79 Å². The number of hydrogen-bond acceptors (Lipinski definition) is 2. The molecule has 1 saturated carbocycles. The summed E-state index contributed by atoms with van der Waals surface area (Å²) in [5, 5.41) is 3.18. The zero-order chi connectivity index (χ0) is 9.54. The summed E-state index contributed by atoms with van der Waals surface area (Å²) in [7, 11) is 0. The van der Waals surface area contributed by atoms with Crippen molar-refractivity contribution in [1.82, 2.24) is 9.78 Å². The third-order valence-electron chi connectivity index (χ3n) is 3.28. The Bertz CT molecular complexity index is 399. The SMILES string of the molecule is O=c1c2c([nH]n1C1CCCC1)COC2. The molecule has 1 fully saturated rings. The highest BCUT2D eigenvalue weighted by Gasteiger charge is 2.25. The molecule has 0 unspecified atom stereocenters. The molecule has 14 heavy (non-hydrogen) atoms. The van der Waals surface area contributed by atoms with E-state index in [2.05, 4.69) is 5.10 Å². The number of fused-ring (bicyclic) bond motifs is 1. The molecule has 4 heteroatoms. The van der Waals surface area contributed by atoms with Crippen LogP contribution in [0.2, 0.25) is 0 Å². The summed E-state index contributed by atoms with van der Waals surface area (Å²) < 4.78 is 7.03. The van der Waals surface area contributed by atoms with E-state index in [0.29, 0.717) is 19.3 Å². The molecule has 0 bridgehead atoms. The molecule has 2 aliphatic rings. The summed E-state index contributed by atoms with van der Waals surface area (Å²) in [6.45, 7) is 1.06. The van der Waals surface area contributed by atoms with Gasteiger partial charge in [0.1, 0.15) is 0 Å². The van der Waals surface area contributed by atoms with Gasteiger partial charge in [-0.2, -0.15) is 0 Å². The highest BCUT2D eigenvalue weighted by molar-refractivity contribution is 5.19. The normalized spacial score (nSPS) is 21.7. The summed E-state index contributed by atoms with van der Waals surface area (Å²) in [6, 6.07) is 0.410. The van der Waals surface area contributed by atoms with Crippen molar-refractivity contribution in [1.29, 1.82) is 0 Å². The Morgan fingerprint density at radius 2 is 2.07 bits per heavy atom. The van der Waals surface area contributed by atoms with Gasteiger partial charge in [-0.25, -0.2) is 4.68 Å². The van der Waals surface area contributed by atoms with Gasteiger partial charge in [0.15, 0.2) is 0 Å². The van der Waals surface area contributed by atoms with Gasteiger partial charge in [0, 0.05) is 0 Å². The molecular weight excluding hydrogens is 180 g/mol. The van der Waals surface area contributed by atoms with Crippen LogP contribution >= 0.6 is 0 Å². The molecular formula is C10H14N2O2. The monoisotopic (exact) mass is 194 g/mol. The van der Waals surface area contributed by atoms with E-state index in [4.69, 9.17) is 4.74 Å². The molecule has 1 aliphatic heterocycles. The second-order valence-corrected chi connectivity index (χ2v) is 4.18. The summed E-state index contributed by atoms with van der Waals surface area (Å²) in [5.74, 6) is 0. The van der Waals surface area contributed by atoms with Crippen LogP contribution in [0.4, 0.5) is 0 Å². The van der Waals surface area contributed by atoms with Gasteiger partial charge in [0.25, 0.3) is 5.56 Å². The highest BCUT2D eigenvalue weighted by Crippen LogP contribution is 2.28. The summed E-state index contributed by atoms with van der Waals surface area (Å²) in [4.78, 5) is 11.9. The Balaban J connectivity index is 2.02. The average Bonchev–Trinajstić information content (AvgIpc) is 2.84. The van der Waals surface area contributed by atoms with Gasteiger partial charge in [-0.3, -0.25) is 9.89 Å². The van der Waals surface area contributed by atoms with E-state index in [1.807, 2.05) is 4.68 Å². The van der Waals surface area contributed by atoms with Crippen molar-refractivity contribution in [2.45, 2.75) is 44.9 Å². The van der Waals surface area contributed by atoms with Gasteiger partial charge >= 0.3 is 0 Å². The Kier molecular flexibility index (Phi) is 1.77. The van der Waals surface area contributed by atoms with E-state index < -0.39 is 0 Å². The lowest BCUT2D eigenvalue weighted by atomic mass is 10.2. The molecule has 0 atom stereocenters. The van der Waals surface area contributed by atoms with Crippen molar-refractivity contribution < 1.29 is 4.74 Å². The van der Waals surface area contributed by atoms with E-state index in [1.165, 1.54) is 12.8 Å². The van der Waals surface area contributed by atoms with Gasteiger partial charge in [0.05, 0.1) is 30.5 Å². The second kappa shape index (κ2) is 2.98. The van der Waals surface area contributed by atoms with Crippen LogP contribution in [0, 0.1) is 0 Å². The van der Waals surface area contributed by atoms with Crippen LogP contribution in [0.1, 0.15) is 43.0 Å². The van der Waals surface area contributed by atoms with E-state index >= 15 is 0 Å². The van der Waals surface area contributed by atoms with Gasteiger partial charge in [-0.1, -0.05) is 12.8 Å². The molecule has 3 rings (SSSR count). The molecule has 0 aromatic carbocycles. The second-order valence-electron chi connectivity index (χ2n) is 4.18. The van der Waals surface area contributed by atoms with Gasteiger partial charge in [0.2, 0.25) is 0 Å². The van der Waals surface area contributed by atoms with Gasteiger partial charge < -0.3 is 4.74 Å². The Morgan fingerprint density at radius 3 is 2.79 bits per heavy atom. The third kappa shape index (κ3) is 1.07. The maximum atomic E-state index is 11.9. The minimum Gasteiger partial charge on any atom is -0.370 e. The number of aromatic amines is 1. The number of H-pyrrole nitrogens is 1. The predicted octanol–water partition coefficient (Wildman–Crippen LogP) is 1.32. The maximum Gasteiger partial charge on any atom is 0.272 e. The smallest absolute Gasteiger partial charge is 0.272 e. The van der Waals surface area contributed by atoms with Crippen LogP contribution < -0.4 is 5.56 Å². The molecule has 76 valence electrons. The summed E-state index contributed by atoms with van der Waals surface area (Å²) >= 11 is 0. The number of aromatic nitrogens is 2. The highest BCUT2D eigenvalue weighted by atomic mass is 16.5. The van der Waals surface area contributed by atoms with Crippen LogP contribution in [-0.2, 0) is 18.0 Å². The molecule has 2 heterocycles. The Hall–Kier alpha value is -1.03. The lowest BCUT2D eigenvalue weighted by Crippen LogP contribution is -2.22. The lowest BCUT2D eigenvalue weighted by molar-refractivity contribution is 0.129. The third-order valence-corrected chi connectivity index (χ3v) is 3.28. The van der Waals surface area contributed by atoms with E-state index in [-0.39, 0.29) is 5.56 Å². The van der Waals surface area contributed by atoms with Crippen LogP contribution in [0.25, 0.3) is 0 Å². The molecule has 1 N–H and O–H groups in total. The van der Waals surface area contributed by atoms with Gasteiger partial charge in [-0.15, -0.1) is 0 Å². The van der Waals surface area contributed by atoms with Crippen LogP contribution in [0.15, 0.2) is 4.79 Å². The number of hydrogen-bond donors (Lipinski definition) is 1. The van der Waals surface area contributed by atoms with Crippen LogP contribution in [-0.4, -0.2) is 9.78 Å². The molecule has 4 nitrogen and oxygen atoms in total. The first-order valence-corrected chi connectivity index (χ1v) is 5.26. The fourth-order valence-electron chi connectivity index (χ4n) is 2.48. The van der Waals surface area contributed by atoms with E-state index in [0.717, 1.165) is 24.1 Å². The van der Waals surface area contributed by atoms with Crippen molar-refractivity contribution >= 4 is 0 Å². The summed E-state index contributed by atoms with van der Waals surface area (Å²) in [6.07, 6.45) is 4.77. The fraction of sp³-hybridized carbons (Fsp3) is 0.700. The summed E-state index contributed by atoms with van der Waals surface area (Å²) in [5.41, 5.74) is 1.98. The predicted molar refractivity (Wildman–Crippen MR) is 51.1 cm³/mol. The largest absolute Gasteiger partial charge is 0.370 e. The first-order chi connectivity index (χ1) is 6.86. The van der Waals surface area contributed by atoms with Crippen molar-refractivity contribution in [2.75, 3.05) is 0 Å². The number of nitrogens with zero attached hydrogens (tertiary/aromatic N) is 1. The van der Waals surface area contributed by atoms with Crippen LogP contribution in [0.3, 0.4) is 0 Å². The van der Waals surface area contributed by atoms with Crippen molar-refractivity contribution in [3.63, 3.8) is 0 Å². The number of nitrogens with one attached hydrogen (secondary N) is 1. The zero-order valence-corrected chi connectivity index (χ0v) is 8.08. The Morgan fingerprint density at radius 1 is 1.29 bits per heavy atom. The standard InChI is InChI=1S/C10H14N2O2/c13-10-8-5-14-6-9(8)11-12(10)7-3-1-2-4-7/h7,11H,1-6H2. The average molecular weight is 194 g/mol. The molecule has 0 saturated heterocycles. The number of ether oxygens (including phenoxy) is 1. The minimum atomic E-state index is 0.143. The topological polar surface area (TPSA) is 47.0 Å². The Labute approximate surface area is 81.9 Å². The molecule has 1 aromatic rings. The quantitative estimate of drug-likeness (QED) is 0.733. The molecule has 0 amide bonds. The first kappa shape index (κ1) is 8.29. The van der Waals surface area contributed by atoms with Crippen molar-refractivity contribution in [3.8, 4) is 0 Å². The number of rotatable bonds is 1. The molecule has 0 spiro atoms.